The molecule has 0 bridgehead atoms. The predicted molar refractivity (Wildman–Crippen MR) is 62.2 cm³/mol. The van der Waals surface area contributed by atoms with Gasteiger partial charge in [-0.2, -0.15) is 0 Å². The highest BCUT2D eigenvalue weighted by Gasteiger charge is 2.54. The second kappa shape index (κ2) is 3.69. The maximum Gasteiger partial charge on any atom is 0.168 e. The molecular formula is C14H17NO. The summed E-state index contributed by atoms with van der Waals surface area (Å²) in [6.07, 6.45) is 8.66. The summed E-state index contributed by atoms with van der Waals surface area (Å²) in [4.78, 5) is 16.4. The number of pyridine rings is 1. The van der Waals surface area contributed by atoms with Crippen LogP contribution >= 0.6 is 0 Å². The van der Waals surface area contributed by atoms with Crippen LogP contribution in [-0.4, -0.2) is 10.8 Å². The molecule has 2 aliphatic carbocycles. The highest BCUT2D eigenvalue weighted by molar-refractivity contribution is 6.00. The molecule has 0 spiro atoms. The normalized spacial score (nSPS) is 31.9. The number of hydrogen-bond acceptors (Lipinski definition) is 2. The van der Waals surface area contributed by atoms with Crippen LogP contribution in [0.3, 0.4) is 0 Å². The molecule has 1 aromatic rings. The maximum absolute atomic E-state index is 12.4. The van der Waals surface area contributed by atoms with Gasteiger partial charge in [-0.05, 0) is 43.2 Å². The highest BCUT2D eigenvalue weighted by Crippen LogP contribution is 2.56. The smallest absolute Gasteiger partial charge is 0.168 e. The zero-order valence-corrected chi connectivity index (χ0v) is 9.65. The molecule has 2 saturated carbocycles. The number of carbonyl (C=O) groups is 1. The molecule has 0 aromatic carbocycles. The lowest BCUT2D eigenvalue weighted by Crippen LogP contribution is -2.06. The Morgan fingerprint density at radius 1 is 1.31 bits per heavy atom. The monoisotopic (exact) mass is 215 g/mol. The molecule has 2 unspecified atom stereocenters. The van der Waals surface area contributed by atoms with E-state index in [1.165, 1.54) is 25.7 Å². The molecule has 2 aliphatic rings. The van der Waals surface area contributed by atoms with Gasteiger partial charge in [-0.1, -0.05) is 12.8 Å². The van der Waals surface area contributed by atoms with Gasteiger partial charge >= 0.3 is 0 Å². The van der Waals surface area contributed by atoms with Crippen molar-refractivity contribution >= 4 is 5.78 Å². The Morgan fingerprint density at radius 3 is 2.62 bits per heavy atom. The summed E-state index contributed by atoms with van der Waals surface area (Å²) in [5.74, 6) is 2.06. The topological polar surface area (TPSA) is 30.0 Å². The number of aromatic nitrogens is 1. The van der Waals surface area contributed by atoms with Crippen LogP contribution in [0.15, 0.2) is 18.5 Å². The quantitative estimate of drug-likeness (QED) is 0.710. The molecule has 0 saturated heterocycles. The number of rotatable bonds is 2. The highest BCUT2D eigenvalue weighted by atomic mass is 16.1. The van der Waals surface area contributed by atoms with E-state index in [9.17, 15) is 4.79 Å². The Labute approximate surface area is 96.1 Å². The molecule has 84 valence electrons. The van der Waals surface area contributed by atoms with Crippen LogP contribution in [0.4, 0.5) is 0 Å². The molecule has 0 amide bonds. The van der Waals surface area contributed by atoms with Crippen LogP contribution in [0.1, 0.15) is 41.6 Å². The minimum atomic E-state index is 0.324. The standard InChI is InChI=1S/C14H17NO/c1-9-6-7-15-8-12(9)14(16)13-10-4-2-3-5-11(10)13/h6-8,10-11,13H,2-5H2,1H3. The fourth-order valence-electron chi connectivity index (χ4n) is 3.28. The van der Waals surface area contributed by atoms with Crippen molar-refractivity contribution in [1.29, 1.82) is 0 Å². The SMILES string of the molecule is Cc1ccncc1C(=O)C1C2CCCCC21. The van der Waals surface area contributed by atoms with E-state index >= 15 is 0 Å². The fraction of sp³-hybridized carbons (Fsp3) is 0.571. The van der Waals surface area contributed by atoms with Crippen molar-refractivity contribution < 1.29 is 4.79 Å². The lowest BCUT2D eigenvalue weighted by molar-refractivity contribution is 0.0955. The van der Waals surface area contributed by atoms with Crippen molar-refractivity contribution in [3.05, 3.63) is 29.6 Å². The summed E-state index contributed by atoms with van der Waals surface area (Å²) in [5.41, 5.74) is 1.92. The molecule has 0 N–H and O–H groups in total. The van der Waals surface area contributed by atoms with Gasteiger partial charge in [-0.25, -0.2) is 0 Å². The van der Waals surface area contributed by atoms with E-state index in [2.05, 4.69) is 4.98 Å². The lowest BCUT2D eigenvalue weighted by atomic mass is 10.0. The van der Waals surface area contributed by atoms with Gasteiger partial charge in [0.2, 0.25) is 0 Å². The van der Waals surface area contributed by atoms with Gasteiger partial charge < -0.3 is 0 Å². The number of ketones is 1. The first kappa shape index (κ1) is 10.0. The first-order chi connectivity index (χ1) is 7.79. The van der Waals surface area contributed by atoms with Crippen LogP contribution in [0.2, 0.25) is 0 Å². The molecule has 2 heteroatoms. The molecule has 2 fully saturated rings. The van der Waals surface area contributed by atoms with Crippen molar-refractivity contribution in [2.45, 2.75) is 32.6 Å². The number of aryl methyl sites for hydroxylation is 1. The second-order valence-electron chi connectivity index (χ2n) is 5.19. The van der Waals surface area contributed by atoms with E-state index in [1.807, 2.05) is 13.0 Å². The summed E-state index contributed by atoms with van der Waals surface area (Å²) < 4.78 is 0. The van der Waals surface area contributed by atoms with E-state index in [4.69, 9.17) is 0 Å². The average Bonchev–Trinajstić information content (AvgIpc) is 3.03. The third-order valence-corrected chi connectivity index (χ3v) is 4.26. The first-order valence-electron chi connectivity index (χ1n) is 6.24. The summed E-state index contributed by atoms with van der Waals surface area (Å²) in [7, 11) is 0. The molecular weight excluding hydrogens is 198 g/mol. The lowest BCUT2D eigenvalue weighted by Gasteiger charge is -2.04. The zero-order chi connectivity index (χ0) is 11.1. The van der Waals surface area contributed by atoms with Crippen molar-refractivity contribution in [2.75, 3.05) is 0 Å². The maximum atomic E-state index is 12.4. The summed E-state index contributed by atoms with van der Waals surface area (Å²) in [6.45, 7) is 2.00. The van der Waals surface area contributed by atoms with Gasteiger partial charge in [0, 0.05) is 23.9 Å². The Morgan fingerprint density at radius 2 is 2.00 bits per heavy atom. The number of Topliss-reactive ketones (excluding diaryl/α,β-unsaturated/α-hetero) is 1. The van der Waals surface area contributed by atoms with Crippen molar-refractivity contribution in [3.63, 3.8) is 0 Å². The number of hydrogen-bond donors (Lipinski definition) is 0. The Bertz CT molecular complexity index is 414. The van der Waals surface area contributed by atoms with E-state index < -0.39 is 0 Å². The van der Waals surface area contributed by atoms with Gasteiger partial charge in [0.15, 0.2) is 5.78 Å². The summed E-state index contributed by atoms with van der Waals surface area (Å²) in [5, 5.41) is 0. The number of fused-ring (bicyclic) bond motifs is 1. The molecule has 0 aliphatic heterocycles. The average molecular weight is 215 g/mol. The Kier molecular flexibility index (Phi) is 2.31. The molecule has 0 radical (unpaired) electrons. The van der Waals surface area contributed by atoms with Crippen LogP contribution in [-0.2, 0) is 0 Å². The third kappa shape index (κ3) is 1.48. The Balaban J connectivity index is 1.82. The third-order valence-electron chi connectivity index (χ3n) is 4.26. The minimum absolute atomic E-state index is 0.324. The summed E-state index contributed by atoms with van der Waals surface area (Å²) >= 11 is 0. The van der Waals surface area contributed by atoms with E-state index in [1.54, 1.807) is 12.4 Å². The largest absolute Gasteiger partial charge is 0.294 e. The molecule has 1 aromatic heterocycles. The zero-order valence-electron chi connectivity index (χ0n) is 9.65. The second-order valence-corrected chi connectivity index (χ2v) is 5.19. The van der Waals surface area contributed by atoms with E-state index in [-0.39, 0.29) is 0 Å². The molecule has 3 rings (SSSR count). The van der Waals surface area contributed by atoms with Gasteiger partial charge in [-0.3, -0.25) is 9.78 Å². The minimum Gasteiger partial charge on any atom is -0.294 e. The van der Waals surface area contributed by atoms with E-state index in [0.29, 0.717) is 23.5 Å². The van der Waals surface area contributed by atoms with Crippen LogP contribution in [0.5, 0.6) is 0 Å². The Hall–Kier alpha value is -1.18. The van der Waals surface area contributed by atoms with E-state index in [0.717, 1.165) is 11.1 Å². The summed E-state index contributed by atoms with van der Waals surface area (Å²) in [6, 6.07) is 1.93. The van der Waals surface area contributed by atoms with Gasteiger partial charge in [0.1, 0.15) is 0 Å². The molecule has 1 heterocycles. The molecule has 2 nitrogen and oxygen atoms in total. The van der Waals surface area contributed by atoms with Crippen molar-refractivity contribution in [2.24, 2.45) is 17.8 Å². The predicted octanol–water partition coefficient (Wildman–Crippen LogP) is 3.01. The van der Waals surface area contributed by atoms with Crippen LogP contribution in [0, 0.1) is 24.7 Å². The number of nitrogens with zero attached hydrogens (tertiary/aromatic N) is 1. The molecule has 16 heavy (non-hydrogen) atoms. The van der Waals surface area contributed by atoms with Crippen molar-refractivity contribution in [3.8, 4) is 0 Å². The van der Waals surface area contributed by atoms with Crippen LogP contribution in [0.25, 0.3) is 0 Å². The first-order valence-corrected chi connectivity index (χ1v) is 6.24. The molecule has 2 atom stereocenters. The van der Waals surface area contributed by atoms with Gasteiger partial charge in [-0.15, -0.1) is 0 Å². The van der Waals surface area contributed by atoms with Crippen LogP contribution < -0.4 is 0 Å². The van der Waals surface area contributed by atoms with Gasteiger partial charge in [0.05, 0.1) is 0 Å². The van der Waals surface area contributed by atoms with Gasteiger partial charge in [0.25, 0.3) is 0 Å². The number of carbonyl (C=O) groups excluding carboxylic acids is 1. The fourth-order valence-corrected chi connectivity index (χ4v) is 3.28. The van der Waals surface area contributed by atoms with Crippen molar-refractivity contribution in [1.82, 2.24) is 4.98 Å².